The van der Waals surface area contributed by atoms with Crippen LogP contribution in [0.1, 0.15) is 18.4 Å². The van der Waals surface area contributed by atoms with Crippen LogP contribution >= 0.6 is 0 Å². The number of piperidine rings is 1. The van der Waals surface area contributed by atoms with Crippen molar-refractivity contribution in [3.8, 4) is 0 Å². The van der Waals surface area contributed by atoms with Crippen molar-refractivity contribution in [2.24, 2.45) is 0 Å². The molecule has 0 spiro atoms. The summed E-state index contributed by atoms with van der Waals surface area (Å²) >= 11 is 0. The molecule has 0 unspecified atom stereocenters. The molecule has 0 saturated carbocycles. The van der Waals surface area contributed by atoms with Crippen molar-refractivity contribution in [2.45, 2.75) is 25.5 Å². The SMILES string of the molecule is OC1CCN(NCc2ccccc2)CC1. The van der Waals surface area contributed by atoms with Gasteiger partial charge in [0.2, 0.25) is 0 Å². The fourth-order valence-electron chi connectivity index (χ4n) is 1.82. The van der Waals surface area contributed by atoms with Crippen LogP contribution in [0.3, 0.4) is 0 Å². The largest absolute Gasteiger partial charge is 0.393 e. The van der Waals surface area contributed by atoms with Crippen molar-refractivity contribution in [1.82, 2.24) is 10.4 Å². The Morgan fingerprint density at radius 2 is 1.87 bits per heavy atom. The summed E-state index contributed by atoms with van der Waals surface area (Å²) in [4.78, 5) is 0. The van der Waals surface area contributed by atoms with Gasteiger partial charge in [-0.1, -0.05) is 30.3 Å². The van der Waals surface area contributed by atoms with Crippen molar-refractivity contribution >= 4 is 0 Å². The van der Waals surface area contributed by atoms with Crippen LogP contribution in [-0.2, 0) is 6.54 Å². The molecule has 1 aromatic carbocycles. The fraction of sp³-hybridized carbons (Fsp3) is 0.500. The second kappa shape index (κ2) is 5.26. The summed E-state index contributed by atoms with van der Waals surface area (Å²) in [6.07, 6.45) is 1.66. The number of hydrazine groups is 1. The van der Waals surface area contributed by atoms with E-state index < -0.39 is 0 Å². The van der Waals surface area contributed by atoms with E-state index in [1.54, 1.807) is 0 Å². The van der Waals surface area contributed by atoms with Gasteiger partial charge in [-0.15, -0.1) is 0 Å². The molecule has 82 valence electrons. The molecule has 1 aliphatic heterocycles. The zero-order valence-corrected chi connectivity index (χ0v) is 8.89. The molecule has 1 fully saturated rings. The Bertz CT molecular complexity index is 281. The molecule has 2 N–H and O–H groups in total. The van der Waals surface area contributed by atoms with Gasteiger partial charge in [-0.3, -0.25) is 5.43 Å². The van der Waals surface area contributed by atoms with Crippen LogP contribution in [0, 0.1) is 0 Å². The highest BCUT2D eigenvalue weighted by Crippen LogP contribution is 2.08. The second-order valence-electron chi connectivity index (χ2n) is 4.04. The van der Waals surface area contributed by atoms with Gasteiger partial charge in [0.25, 0.3) is 0 Å². The second-order valence-corrected chi connectivity index (χ2v) is 4.04. The van der Waals surface area contributed by atoms with Crippen molar-refractivity contribution in [2.75, 3.05) is 13.1 Å². The van der Waals surface area contributed by atoms with Gasteiger partial charge in [-0.2, -0.15) is 0 Å². The molecule has 1 heterocycles. The lowest BCUT2D eigenvalue weighted by Crippen LogP contribution is -2.44. The Morgan fingerprint density at radius 3 is 2.53 bits per heavy atom. The molecule has 0 aliphatic carbocycles. The zero-order chi connectivity index (χ0) is 10.5. The van der Waals surface area contributed by atoms with E-state index in [4.69, 9.17) is 0 Å². The van der Waals surface area contributed by atoms with E-state index >= 15 is 0 Å². The van der Waals surface area contributed by atoms with Crippen molar-refractivity contribution < 1.29 is 5.11 Å². The summed E-state index contributed by atoms with van der Waals surface area (Å²) in [5, 5.41) is 11.6. The summed E-state index contributed by atoms with van der Waals surface area (Å²) in [7, 11) is 0. The third-order valence-electron chi connectivity index (χ3n) is 2.81. The number of aliphatic hydroxyl groups excluding tert-OH is 1. The van der Waals surface area contributed by atoms with Crippen LogP contribution in [0.2, 0.25) is 0 Å². The van der Waals surface area contributed by atoms with E-state index in [1.165, 1.54) is 5.56 Å². The first-order valence-electron chi connectivity index (χ1n) is 5.55. The molecule has 0 bridgehead atoms. The number of benzene rings is 1. The van der Waals surface area contributed by atoms with Gasteiger partial charge in [-0.05, 0) is 18.4 Å². The summed E-state index contributed by atoms with van der Waals surface area (Å²) in [6.45, 7) is 2.75. The molecule has 1 aliphatic rings. The third-order valence-corrected chi connectivity index (χ3v) is 2.81. The molecule has 0 amide bonds. The van der Waals surface area contributed by atoms with Gasteiger partial charge in [-0.25, -0.2) is 5.01 Å². The first kappa shape index (κ1) is 10.6. The maximum atomic E-state index is 9.36. The van der Waals surface area contributed by atoms with E-state index in [1.807, 2.05) is 6.07 Å². The Balaban J connectivity index is 1.74. The molecular weight excluding hydrogens is 188 g/mol. The minimum Gasteiger partial charge on any atom is -0.393 e. The summed E-state index contributed by atoms with van der Waals surface area (Å²) in [5.74, 6) is 0. The van der Waals surface area contributed by atoms with E-state index in [0.29, 0.717) is 0 Å². The predicted molar refractivity (Wildman–Crippen MR) is 60.1 cm³/mol. The number of hydrogen-bond donors (Lipinski definition) is 2. The van der Waals surface area contributed by atoms with E-state index in [0.717, 1.165) is 32.5 Å². The lowest BCUT2D eigenvalue weighted by atomic mass is 10.1. The Morgan fingerprint density at radius 1 is 1.20 bits per heavy atom. The minimum absolute atomic E-state index is 0.0974. The van der Waals surface area contributed by atoms with Gasteiger partial charge in [0.15, 0.2) is 0 Å². The lowest BCUT2D eigenvalue weighted by molar-refractivity contribution is 0.0546. The lowest BCUT2D eigenvalue weighted by Gasteiger charge is -2.29. The number of aliphatic hydroxyl groups is 1. The van der Waals surface area contributed by atoms with E-state index in [2.05, 4.69) is 34.7 Å². The van der Waals surface area contributed by atoms with Crippen molar-refractivity contribution in [3.05, 3.63) is 35.9 Å². The molecule has 0 aromatic heterocycles. The standard InChI is InChI=1S/C12H18N2O/c15-12-6-8-14(9-7-12)13-10-11-4-2-1-3-5-11/h1-5,12-13,15H,6-10H2. The minimum atomic E-state index is -0.0974. The monoisotopic (exact) mass is 206 g/mol. The van der Waals surface area contributed by atoms with Crippen LogP contribution in [0.15, 0.2) is 30.3 Å². The molecule has 1 saturated heterocycles. The highest BCUT2D eigenvalue weighted by Gasteiger charge is 2.15. The van der Waals surface area contributed by atoms with Crippen LogP contribution in [-0.4, -0.2) is 29.3 Å². The zero-order valence-electron chi connectivity index (χ0n) is 8.89. The summed E-state index contributed by atoms with van der Waals surface area (Å²) < 4.78 is 0. The predicted octanol–water partition coefficient (Wildman–Crippen LogP) is 1.15. The summed E-state index contributed by atoms with van der Waals surface area (Å²) in [6, 6.07) is 10.4. The number of rotatable bonds is 3. The topological polar surface area (TPSA) is 35.5 Å². The van der Waals surface area contributed by atoms with Gasteiger partial charge >= 0.3 is 0 Å². The summed E-state index contributed by atoms with van der Waals surface area (Å²) in [5.41, 5.74) is 4.68. The highest BCUT2D eigenvalue weighted by molar-refractivity contribution is 5.14. The van der Waals surface area contributed by atoms with Crippen LogP contribution in [0.25, 0.3) is 0 Å². The van der Waals surface area contributed by atoms with Gasteiger partial charge in [0.1, 0.15) is 0 Å². The van der Waals surface area contributed by atoms with E-state index in [9.17, 15) is 5.11 Å². The first-order valence-corrected chi connectivity index (χ1v) is 5.55. The van der Waals surface area contributed by atoms with Gasteiger partial charge in [0.05, 0.1) is 6.10 Å². The fourth-order valence-corrected chi connectivity index (χ4v) is 1.82. The highest BCUT2D eigenvalue weighted by atomic mass is 16.3. The number of nitrogens with one attached hydrogen (secondary N) is 1. The maximum Gasteiger partial charge on any atom is 0.0565 e. The maximum absolute atomic E-state index is 9.36. The average molecular weight is 206 g/mol. The smallest absolute Gasteiger partial charge is 0.0565 e. The molecule has 2 rings (SSSR count). The average Bonchev–Trinajstić information content (AvgIpc) is 2.30. The molecule has 1 aromatic rings. The third kappa shape index (κ3) is 3.30. The molecule has 0 atom stereocenters. The van der Waals surface area contributed by atoms with Crippen molar-refractivity contribution in [3.63, 3.8) is 0 Å². The van der Waals surface area contributed by atoms with Crippen LogP contribution < -0.4 is 5.43 Å². The molecule has 15 heavy (non-hydrogen) atoms. The quantitative estimate of drug-likeness (QED) is 0.778. The van der Waals surface area contributed by atoms with Crippen LogP contribution in [0.4, 0.5) is 0 Å². The Hall–Kier alpha value is -0.900. The number of nitrogens with zero attached hydrogens (tertiary/aromatic N) is 1. The van der Waals surface area contributed by atoms with Gasteiger partial charge in [0, 0.05) is 19.6 Å². The number of hydrogen-bond acceptors (Lipinski definition) is 3. The molecule has 0 radical (unpaired) electrons. The van der Waals surface area contributed by atoms with Crippen molar-refractivity contribution in [1.29, 1.82) is 0 Å². The molecular formula is C12H18N2O. The van der Waals surface area contributed by atoms with Gasteiger partial charge < -0.3 is 5.11 Å². The first-order chi connectivity index (χ1) is 7.34. The Kier molecular flexibility index (Phi) is 3.72. The van der Waals surface area contributed by atoms with E-state index in [-0.39, 0.29) is 6.10 Å². The molecule has 3 nitrogen and oxygen atoms in total. The molecule has 3 heteroatoms. The normalized spacial score (nSPS) is 19.3. The Labute approximate surface area is 90.7 Å². The van der Waals surface area contributed by atoms with Crippen LogP contribution in [0.5, 0.6) is 0 Å².